The van der Waals surface area contributed by atoms with E-state index in [0.717, 1.165) is 5.75 Å². The van der Waals surface area contributed by atoms with Crippen LogP contribution in [0.4, 0.5) is 5.69 Å². The summed E-state index contributed by atoms with van der Waals surface area (Å²) < 4.78 is 11.0. The Bertz CT molecular complexity index is 798. The van der Waals surface area contributed by atoms with E-state index < -0.39 is 6.04 Å². The van der Waals surface area contributed by atoms with Gasteiger partial charge in [0.25, 0.3) is 5.91 Å². The number of carbonyl (C=O) groups excluding carboxylic acids is 2. The Morgan fingerprint density at radius 2 is 1.81 bits per heavy atom. The van der Waals surface area contributed by atoms with Crippen LogP contribution in [0.25, 0.3) is 0 Å². The van der Waals surface area contributed by atoms with Gasteiger partial charge in [0.15, 0.2) is 11.5 Å². The summed E-state index contributed by atoms with van der Waals surface area (Å²) in [5, 5.41) is 5.69. The molecule has 2 N–H and O–H groups in total. The first-order valence-electron chi connectivity index (χ1n) is 8.73. The molecule has 2 aromatic carbocycles. The Balaban J connectivity index is 1.68. The summed E-state index contributed by atoms with van der Waals surface area (Å²) in [5.74, 6) is 1.50. The van der Waals surface area contributed by atoms with Crippen LogP contribution in [0, 0.1) is 0 Å². The number of amides is 2. The van der Waals surface area contributed by atoms with E-state index in [-0.39, 0.29) is 11.8 Å². The van der Waals surface area contributed by atoms with Crippen LogP contribution >= 0.6 is 11.8 Å². The largest absolute Gasteiger partial charge is 0.486 e. The van der Waals surface area contributed by atoms with Crippen molar-refractivity contribution in [2.24, 2.45) is 0 Å². The normalized spacial score (nSPS) is 13.5. The van der Waals surface area contributed by atoms with Gasteiger partial charge in [0.1, 0.15) is 19.3 Å². The molecular weight excluding hydrogens is 364 g/mol. The maximum atomic E-state index is 12.7. The highest BCUT2D eigenvalue weighted by Gasteiger charge is 2.22. The Labute approximate surface area is 162 Å². The van der Waals surface area contributed by atoms with Crippen LogP contribution < -0.4 is 20.1 Å². The fraction of sp³-hybridized carbons (Fsp3) is 0.300. The fourth-order valence-electron chi connectivity index (χ4n) is 2.69. The molecule has 0 saturated heterocycles. The second-order valence-electron chi connectivity index (χ2n) is 6.02. The molecular formula is C20H22N2O4S. The first-order chi connectivity index (χ1) is 13.2. The van der Waals surface area contributed by atoms with Gasteiger partial charge in [0, 0.05) is 17.3 Å². The smallest absolute Gasteiger partial charge is 0.251 e. The van der Waals surface area contributed by atoms with E-state index in [1.54, 1.807) is 54.2 Å². The highest BCUT2D eigenvalue weighted by molar-refractivity contribution is 7.98. The summed E-state index contributed by atoms with van der Waals surface area (Å²) in [6, 6.07) is 13.5. The maximum absolute atomic E-state index is 12.7. The summed E-state index contributed by atoms with van der Waals surface area (Å²) in [4.78, 5) is 25.2. The molecule has 1 aliphatic heterocycles. The molecule has 2 aromatic rings. The number of nitrogens with one attached hydrogen (secondary N) is 2. The Kier molecular flexibility index (Phi) is 6.59. The van der Waals surface area contributed by atoms with Gasteiger partial charge in [-0.25, -0.2) is 0 Å². The van der Waals surface area contributed by atoms with Crippen molar-refractivity contribution in [1.29, 1.82) is 0 Å². The van der Waals surface area contributed by atoms with Gasteiger partial charge < -0.3 is 20.1 Å². The molecule has 0 bridgehead atoms. The lowest BCUT2D eigenvalue weighted by Crippen LogP contribution is -2.44. The zero-order chi connectivity index (χ0) is 19.1. The van der Waals surface area contributed by atoms with Crippen molar-refractivity contribution in [2.75, 3.05) is 30.5 Å². The quantitative estimate of drug-likeness (QED) is 0.765. The van der Waals surface area contributed by atoms with E-state index in [0.29, 0.717) is 42.4 Å². The zero-order valence-corrected chi connectivity index (χ0v) is 15.9. The number of ether oxygens (including phenoxy) is 2. The van der Waals surface area contributed by atoms with Crippen molar-refractivity contribution in [2.45, 2.75) is 12.5 Å². The van der Waals surface area contributed by atoms with Crippen molar-refractivity contribution in [3.8, 4) is 11.5 Å². The van der Waals surface area contributed by atoms with Crippen LogP contribution in [-0.4, -0.2) is 43.1 Å². The van der Waals surface area contributed by atoms with Crippen molar-refractivity contribution in [3.05, 3.63) is 54.1 Å². The van der Waals surface area contributed by atoms with Crippen LogP contribution in [0.2, 0.25) is 0 Å². The van der Waals surface area contributed by atoms with Crippen LogP contribution in [0.3, 0.4) is 0 Å². The van der Waals surface area contributed by atoms with Crippen LogP contribution in [0.1, 0.15) is 16.8 Å². The van der Waals surface area contributed by atoms with Crippen LogP contribution in [-0.2, 0) is 4.79 Å². The molecule has 1 heterocycles. The van der Waals surface area contributed by atoms with Crippen molar-refractivity contribution in [1.82, 2.24) is 5.32 Å². The standard InChI is InChI=1S/C20H22N2O4S/c1-27-12-9-16(22-19(23)14-5-3-2-4-6-14)20(24)21-15-7-8-17-18(13-15)26-11-10-25-17/h2-8,13,16H,9-12H2,1H3,(H,21,24)(H,22,23)/t16-/m1/s1. The van der Waals surface area contributed by atoms with E-state index in [1.807, 2.05) is 12.3 Å². The van der Waals surface area contributed by atoms with Gasteiger partial charge in [-0.15, -0.1) is 0 Å². The van der Waals surface area contributed by atoms with Crippen molar-refractivity contribution in [3.63, 3.8) is 0 Å². The molecule has 0 aliphatic carbocycles. The third-order valence-corrected chi connectivity index (χ3v) is 4.72. The number of benzene rings is 2. The lowest BCUT2D eigenvalue weighted by atomic mass is 10.1. The predicted octanol–water partition coefficient (Wildman–Crippen LogP) is 2.95. The van der Waals surface area contributed by atoms with Crippen molar-refractivity contribution >= 4 is 29.3 Å². The number of anilines is 1. The van der Waals surface area contributed by atoms with Gasteiger partial charge >= 0.3 is 0 Å². The molecule has 0 spiro atoms. The van der Waals surface area contributed by atoms with E-state index in [9.17, 15) is 9.59 Å². The average molecular weight is 386 g/mol. The number of hydrogen-bond acceptors (Lipinski definition) is 5. The summed E-state index contributed by atoms with van der Waals surface area (Å²) in [6.45, 7) is 0.995. The van der Waals surface area contributed by atoms with Gasteiger partial charge in [-0.2, -0.15) is 11.8 Å². The molecule has 0 radical (unpaired) electrons. The first kappa shape index (κ1) is 19.1. The van der Waals surface area contributed by atoms with Crippen LogP contribution in [0.15, 0.2) is 48.5 Å². The molecule has 0 fully saturated rings. The molecule has 6 nitrogen and oxygen atoms in total. The Morgan fingerprint density at radius 1 is 1.07 bits per heavy atom. The van der Waals surface area contributed by atoms with E-state index in [1.165, 1.54) is 0 Å². The molecule has 2 amide bonds. The van der Waals surface area contributed by atoms with E-state index >= 15 is 0 Å². The zero-order valence-electron chi connectivity index (χ0n) is 15.1. The number of fused-ring (bicyclic) bond motifs is 1. The topological polar surface area (TPSA) is 76.7 Å². The molecule has 1 atom stereocenters. The number of rotatable bonds is 7. The molecule has 0 aromatic heterocycles. The Morgan fingerprint density at radius 3 is 2.56 bits per heavy atom. The summed E-state index contributed by atoms with van der Waals surface area (Å²) in [5.41, 5.74) is 1.13. The van der Waals surface area contributed by atoms with Crippen LogP contribution in [0.5, 0.6) is 11.5 Å². The SMILES string of the molecule is CSCC[C@@H](NC(=O)c1ccccc1)C(=O)Nc1ccc2c(c1)OCCO2. The predicted molar refractivity (Wildman–Crippen MR) is 107 cm³/mol. The van der Waals surface area contributed by atoms with Gasteiger partial charge in [0.05, 0.1) is 0 Å². The minimum Gasteiger partial charge on any atom is -0.486 e. The lowest BCUT2D eigenvalue weighted by molar-refractivity contribution is -0.118. The molecule has 142 valence electrons. The molecule has 1 aliphatic rings. The summed E-state index contributed by atoms with van der Waals surface area (Å²) in [6.07, 6.45) is 2.50. The maximum Gasteiger partial charge on any atom is 0.251 e. The minimum atomic E-state index is -0.627. The second kappa shape index (κ2) is 9.32. The van der Waals surface area contributed by atoms with Gasteiger partial charge in [0.2, 0.25) is 5.91 Å². The third-order valence-electron chi connectivity index (χ3n) is 4.08. The number of hydrogen-bond donors (Lipinski definition) is 2. The second-order valence-corrected chi connectivity index (χ2v) is 7.01. The highest BCUT2D eigenvalue weighted by atomic mass is 32.2. The summed E-state index contributed by atoms with van der Waals surface area (Å²) >= 11 is 1.63. The Hall–Kier alpha value is -2.67. The monoisotopic (exact) mass is 386 g/mol. The van der Waals surface area contributed by atoms with Gasteiger partial charge in [-0.1, -0.05) is 18.2 Å². The van der Waals surface area contributed by atoms with E-state index in [4.69, 9.17) is 9.47 Å². The fourth-order valence-corrected chi connectivity index (χ4v) is 3.16. The average Bonchev–Trinajstić information content (AvgIpc) is 2.71. The minimum absolute atomic E-state index is 0.259. The molecule has 3 rings (SSSR count). The molecule has 7 heteroatoms. The first-order valence-corrected chi connectivity index (χ1v) is 10.1. The molecule has 27 heavy (non-hydrogen) atoms. The number of thioether (sulfide) groups is 1. The molecule has 0 saturated carbocycles. The highest BCUT2D eigenvalue weighted by Crippen LogP contribution is 2.32. The third kappa shape index (κ3) is 5.17. The molecule has 0 unspecified atom stereocenters. The van der Waals surface area contributed by atoms with E-state index in [2.05, 4.69) is 10.6 Å². The van der Waals surface area contributed by atoms with Crippen molar-refractivity contribution < 1.29 is 19.1 Å². The number of carbonyl (C=O) groups is 2. The van der Waals surface area contributed by atoms with Gasteiger partial charge in [-0.3, -0.25) is 9.59 Å². The van der Waals surface area contributed by atoms with Gasteiger partial charge in [-0.05, 0) is 42.7 Å². The lowest BCUT2D eigenvalue weighted by Gasteiger charge is -2.21. The summed E-state index contributed by atoms with van der Waals surface area (Å²) in [7, 11) is 0.